The van der Waals surface area contributed by atoms with E-state index < -0.39 is 12.8 Å². The molecule has 2 N–H and O–H groups in total. The van der Waals surface area contributed by atoms with Gasteiger partial charge in [0.2, 0.25) is 0 Å². The molecule has 0 amide bonds. The first kappa shape index (κ1) is 22.3. The summed E-state index contributed by atoms with van der Waals surface area (Å²) in [6.07, 6.45) is -3.15. The van der Waals surface area contributed by atoms with Crippen LogP contribution in [-0.2, 0) is 6.54 Å². The number of nitrogens with zero attached hydrogens (tertiary/aromatic N) is 3. The summed E-state index contributed by atoms with van der Waals surface area (Å²) < 4.78 is 41.2. The number of guanidine groups is 1. The number of alkyl halides is 3. The molecule has 28 heavy (non-hydrogen) atoms. The summed E-state index contributed by atoms with van der Waals surface area (Å²) in [5.41, 5.74) is 0.929. The Bertz CT molecular complexity index is 607. The van der Waals surface area contributed by atoms with Crippen molar-refractivity contribution in [3.05, 3.63) is 29.8 Å². The van der Waals surface area contributed by atoms with Crippen LogP contribution in [0.5, 0.6) is 5.75 Å². The van der Waals surface area contributed by atoms with Gasteiger partial charge in [0, 0.05) is 39.8 Å². The molecule has 0 spiro atoms. The predicted octanol–water partition coefficient (Wildman–Crippen LogP) is 1.93. The molecule has 0 aliphatic carbocycles. The fraction of sp³-hybridized carbons (Fsp3) is 0.632. The van der Waals surface area contributed by atoms with Crippen molar-refractivity contribution in [2.75, 3.05) is 60.0 Å². The third-order valence-corrected chi connectivity index (χ3v) is 4.54. The van der Waals surface area contributed by atoms with E-state index in [1.807, 2.05) is 0 Å². The van der Waals surface area contributed by atoms with Gasteiger partial charge in [0.25, 0.3) is 0 Å². The zero-order chi connectivity index (χ0) is 20.4. The van der Waals surface area contributed by atoms with Crippen LogP contribution in [0.15, 0.2) is 29.3 Å². The van der Waals surface area contributed by atoms with Crippen LogP contribution in [0.2, 0.25) is 0 Å². The summed E-state index contributed by atoms with van der Waals surface area (Å²) in [5.74, 6) is 0.899. The first-order valence-corrected chi connectivity index (χ1v) is 9.49. The highest BCUT2D eigenvalue weighted by Crippen LogP contribution is 2.18. The van der Waals surface area contributed by atoms with Crippen molar-refractivity contribution in [3.8, 4) is 5.75 Å². The first-order chi connectivity index (χ1) is 13.4. The van der Waals surface area contributed by atoms with Crippen LogP contribution >= 0.6 is 0 Å². The second kappa shape index (κ2) is 11.1. The van der Waals surface area contributed by atoms with Crippen molar-refractivity contribution in [3.63, 3.8) is 0 Å². The van der Waals surface area contributed by atoms with E-state index in [0.717, 1.165) is 44.8 Å². The molecule has 1 aromatic carbocycles. The van der Waals surface area contributed by atoms with Crippen LogP contribution in [0.4, 0.5) is 13.2 Å². The number of hydrogen-bond acceptors (Lipinski definition) is 4. The molecule has 0 atom stereocenters. The van der Waals surface area contributed by atoms with Gasteiger partial charge in [0.1, 0.15) is 5.75 Å². The fourth-order valence-electron chi connectivity index (χ4n) is 2.93. The molecule has 158 valence electrons. The summed E-state index contributed by atoms with van der Waals surface area (Å²) in [4.78, 5) is 9.01. The van der Waals surface area contributed by atoms with Crippen molar-refractivity contribution in [1.29, 1.82) is 0 Å². The summed E-state index contributed by atoms with van der Waals surface area (Å²) in [7, 11) is 3.87. The Morgan fingerprint density at radius 3 is 2.54 bits per heavy atom. The molecule has 0 aromatic heterocycles. The van der Waals surface area contributed by atoms with E-state index in [-0.39, 0.29) is 5.75 Å². The van der Waals surface area contributed by atoms with Crippen molar-refractivity contribution in [2.45, 2.75) is 19.1 Å². The van der Waals surface area contributed by atoms with Crippen LogP contribution in [-0.4, -0.2) is 81.9 Å². The number of benzene rings is 1. The van der Waals surface area contributed by atoms with Gasteiger partial charge >= 0.3 is 6.18 Å². The predicted molar refractivity (Wildman–Crippen MR) is 105 cm³/mol. The average molecular weight is 401 g/mol. The highest BCUT2D eigenvalue weighted by atomic mass is 19.4. The van der Waals surface area contributed by atoms with E-state index in [2.05, 4.69) is 32.5 Å². The van der Waals surface area contributed by atoms with Gasteiger partial charge in [-0.25, -0.2) is 0 Å². The maximum absolute atomic E-state index is 12.2. The third kappa shape index (κ3) is 8.79. The van der Waals surface area contributed by atoms with Crippen LogP contribution in [0, 0.1) is 0 Å². The lowest BCUT2D eigenvalue weighted by Gasteiger charge is -2.21. The molecule has 0 radical (unpaired) electrons. The number of aliphatic imine (C=N–C) groups is 1. The van der Waals surface area contributed by atoms with Crippen LogP contribution in [0.1, 0.15) is 12.0 Å². The molecule has 1 aromatic rings. The van der Waals surface area contributed by atoms with E-state index in [0.29, 0.717) is 12.5 Å². The van der Waals surface area contributed by atoms with Gasteiger partial charge < -0.3 is 25.2 Å². The lowest BCUT2D eigenvalue weighted by Crippen LogP contribution is -2.42. The number of nitrogens with one attached hydrogen (secondary N) is 2. The van der Waals surface area contributed by atoms with Crippen molar-refractivity contribution in [1.82, 2.24) is 20.4 Å². The minimum absolute atomic E-state index is 0.201. The SMILES string of the molecule is CN=C(NCCN1CCCN(C)CC1)NCc1ccc(OCC(F)(F)F)cc1. The first-order valence-electron chi connectivity index (χ1n) is 9.49. The van der Waals surface area contributed by atoms with Gasteiger partial charge in [-0.05, 0) is 44.3 Å². The molecule has 0 bridgehead atoms. The van der Waals surface area contributed by atoms with Crippen molar-refractivity contribution in [2.24, 2.45) is 4.99 Å². The maximum atomic E-state index is 12.2. The summed E-state index contributed by atoms with van der Waals surface area (Å²) in [5, 5.41) is 6.51. The van der Waals surface area contributed by atoms with Gasteiger partial charge in [-0.2, -0.15) is 13.2 Å². The normalized spacial score (nSPS) is 17.2. The van der Waals surface area contributed by atoms with E-state index in [4.69, 9.17) is 4.74 Å². The molecule has 2 rings (SSSR count). The zero-order valence-corrected chi connectivity index (χ0v) is 16.6. The standard InChI is InChI=1S/C19H30F3N5O/c1-23-18(24-8-11-27-10-3-9-26(2)12-13-27)25-14-16-4-6-17(7-5-16)28-15-19(20,21)22/h4-7H,3,8-15H2,1-2H3,(H2,23,24,25). The topological polar surface area (TPSA) is 52.1 Å². The Balaban J connectivity index is 1.68. The number of rotatable bonds is 7. The number of hydrogen-bond donors (Lipinski definition) is 2. The highest BCUT2D eigenvalue weighted by molar-refractivity contribution is 5.79. The summed E-state index contributed by atoms with van der Waals surface area (Å²) in [6.45, 7) is 5.42. The monoisotopic (exact) mass is 401 g/mol. The molecule has 1 aliphatic heterocycles. The molecule has 1 heterocycles. The Labute approximate surface area is 164 Å². The molecule has 1 saturated heterocycles. The second-order valence-corrected chi connectivity index (χ2v) is 6.90. The summed E-state index contributed by atoms with van der Waals surface area (Å²) in [6, 6.07) is 6.55. The van der Waals surface area contributed by atoms with Gasteiger partial charge in [0.15, 0.2) is 12.6 Å². The van der Waals surface area contributed by atoms with Gasteiger partial charge in [-0.15, -0.1) is 0 Å². The van der Waals surface area contributed by atoms with E-state index >= 15 is 0 Å². The Morgan fingerprint density at radius 1 is 1.11 bits per heavy atom. The van der Waals surface area contributed by atoms with Crippen LogP contribution < -0.4 is 15.4 Å². The minimum Gasteiger partial charge on any atom is -0.484 e. The maximum Gasteiger partial charge on any atom is 0.422 e. The van der Waals surface area contributed by atoms with Crippen LogP contribution in [0.3, 0.4) is 0 Å². The average Bonchev–Trinajstić information content (AvgIpc) is 2.87. The smallest absolute Gasteiger partial charge is 0.422 e. The molecular weight excluding hydrogens is 371 g/mol. The van der Waals surface area contributed by atoms with Crippen molar-refractivity contribution >= 4 is 5.96 Å². The molecule has 0 saturated carbocycles. The number of ether oxygens (including phenoxy) is 1. The minimum atomic E-state index is -4.33. The fourth-order valence-corrected chi connectivity index (χ4v) is 2.93. The quantitative estimate of drug-likeness (QED) is 0.540. The van der Waals surface area contributed by atoms with E-state index in [9.17, 15) is 13.2 Å². The zero-order valence-electron chi connectivity index (χ0n) is 16.6. The number of halogens is 3. The van der Waals surface area contributed by atoms with Crippen LogP contribution in [0.25, 0.3) is 0 Å². The lowest BCUT2D eigenvalue weighted by molar-refractivity contribution is -0.153. The Kier molecular flexibility index (Phi) is 8.85. The Hall–Kier alpha value is -2.00. The molecule has 1 aliphatic rings. The van der Waals surface area contributed by atoms with Gasteiger partial charge in [-0.1, -0.05) is 12.1 Å². The molecule has 1 fully saturated rings. The number of likely N-dealkylation sites (N-methyl/N-ethyl adjacent to an activating group) is 1. The van der Waals surface area contributed by atoms with E-state index in [1.54, 1.807) is 19.2 Å². The van der Waals surface area contributed by atoms with Gasteiger partial charge in [-0.3, -0.25) is 4.99 Å². The molecule has 6 nitrogen and oxygen atoms in total. The third-order valence-electron chi connectivity index (χ3n) is 4.54. The molecular formula is C19H30F3N5O. The molecule has 0 unspecified atom stereocenters. The largest absolute Gasteiger partial charge is 0.484 e. The van der Waals surface area contributed by atoms with Gasteiger partial charge in [0.05, 0.1) is 0 Å². The molecule has 9 heteroatoms. The Morgan fingerprint density at radius 2 is 1.86 bits per heavy atom. The van der Waals surface area contributed by atoms with Crippen molar-refractivity contribution < 1.29 is 17.9 Å². The second-order valence-electron chi connectivity index (χ2n) is 6.90. The summed E-state index contributed by atoms with van der Waals surface area (Å²) >= 11 is 0. The lowest BCUT2D eigenvalue weighted by atomic mass is 10.2. The van der Waals surface area contributed by atoms with E-state index in [1.165, 1.54) is 18.6 Å². The highest BCUT2D eigenvalue weighted by Gasteiger charge is 2.28.